The van der Waals surface area contributed by atoms with Crippen LogP contribution in [-0.2, 0) is 9.53 Å². The van der Waals surface area contributed by atoms with Crippen LogP contribution < -0.4 is 15.5 Å². The predicted octanol–water partition coefficient (Wildman–Crippen LogP) is 4.17. The second-order valence-corrected chi connectivity index (χ2v) is 6.74. The molecule has 2 aromatic rings. The molecular formula is C23H26N4O3. The van der Waals surface area contributed by atoms with Gasteiger partial charge in [0.15, 0.2) is 0 Å². The number of ether oxygens (including phenoxy) is 1. The number of hydrogen-bond acceptors (Lipinski definition) is 6. The highest BCUT2D eigenvalue weighted by Gasteiger charge is 2.16. The summed E-state index contributed by atoms with van der Waals surface area (Å²) < 4.78 is 5.22. The van der Waals surface area contributed by atoms with E-state index in [0.717, 1.165) is 24.2 Å². The summed E-state index contributed by atoms with van der Waals surface area (Å²) in [5.74, 6) is -1.13. The maximum absolute atomic E-state index is 12.5. The van der Waals surface area contributed by atoms with Gasteiger partial charge in [0.1, 0.15) is 11.6 Å². The minimum atomic E-state index is -0.622. The van der Waals surface area contributed by atoms with Crippen LogP contribution in [-0.4, -0.2) is 32.6 Å². The van der Waals surface area contributed by atoms with Gasteiger partial charge in [-0.05, 0) is 42.8 Å². The van der Waals surface area contributed by atoms with Crippen LogP contribution in [0.4, 0.5) is 17.1 Å². The van der Waals surface area contributed by atoms with Crippen LogP contribution in [0.3, 0.4) is 0 Å². The molecule has 30 heavy (non-hydrogen) atoms. The van der Waals surface area contributed by atoms with E-state index < -0.39 is 11.9 Å². The van der Waals surface area contributed by atoms with Gasteiger partial charge in [0, 0.05) is 31.7 Å². The molecule has 0 aliphatic heterocycles. The lowest BCUT2D eigenvalue weighted by molar-refractivity contribution is -0.112. The van der Waals surface area contributed by atoms with Crippen LogP contribution in [0.25, 0.3) is 0 Å². The molecule has 0 aliphatic carbocycles. The highest BCUT2D eigenvalue weighted by Crippen LogP contribution is 2.18. The van der Waals surface area contributed by atoms with Gasteiger partial charge in [0.05, 0.1) is 17.9 Å². The first-order valence-corrected chi connectivity index (χ1v) is 9.68. The predicted molar refractivity (Wildman–Crippen MR) is 118 cm³/mol. The zero-order valence-electron chi connectivity index (χ0n) is 17.4. The molecular weight excluding hydrogens is 380 g/mol. The van der Waals surface area contributed by atoms with Gasteiger partial charge in [-0.25, -0.2) is 4.79 Å². The minimum Gasteiger partial charge on any atom is -0.462 e. The first-order chi connectivity index (χ1) is 14.5. The summed E-state index contributed by atoms with van der Waals surface area (Å²) in [7, 11) is 3.88. The monoisotopic (exact) mass is 406 g/mol. The molecule has 2 N–H and O–H groups in total. The zero-order valence-corrected chi connectivity index (χ0v) is 17.4. The number of rotatable bonds is 9. The second-order valence-electron chi connectivity index (χ2n) is 6.74. The first-order valence-electron chi connectivity index (χ1n) is 9.68. The van der Waals surface area contributed by atoms with Gasteiger partial charge in [-0.2, -0.15) is 5.26 Å². The Morgan fingerprint density at radius 1 is 1.13 bits per heavy atom. The van der Waals surface area contributed by atoms with E-state index in [1.807, 2.05) is 56.3 Å². The largest absolute Gasteiger partial charge is 0.462 e. The van der Waals surface area contributed by atoms with Crippen LogP contribution in [0, 0.1) is 11.3 Å². The Labute approximate surface area is 177 Å². The van der Waals surface area contributed by atoms with Gasteiger partial charge < -0.3 is 20.3 Å². The Morgan fingerprint density at radius 3 is 2.47 bits per heavy atom. The van der Waals surface area contributed by atoms with Gasteiger partial charge in [0.25, 0.3) is 5.91 Å². The molecule has 2 aromatic carbocycles. The number of para-hydroxylation sites is 1. The topological polar surface area (TPSA) is 94.5 Å². The molecule has 156 valence electrons. The lowest BCUT2D eigenvalue weighted by Crippen LogP contribution is -2.18. The summed E-state index contributed by atoms with van der Waals surface area (Å²) in [6, 6.07) is 16.0. The second kappa shape index (κ2) is 11.3. The number of nitrogens with zero attached hydrogens (tertiary/aromatic N) is 2. The third-order valence-corrected chi connectivity index (χ3v) is 4.26. The molecule has 2 rings (SSSR count). The average molecular weight is 406 g/mol. The van der Waals surface area contributed by atoms with E-state index in [1.54, 1.807) is 24.3 Å². The van der Waals surface area contributed by atoms with E-state index in [2.05, 4.69) is 10.6 Å². The highest BCUT2D eigenvalue weighted by molar-refractivity contribution is 6.09. The number of carbonyl (C=O) groups excluding carboxylic acids is 2. The van der Waals surface area contributed by atoms with E-state index in [4.69, 9.17) is 4.74 Å². The van der Waals surface area contributed by atoms with Crippen molar-refractivity contribution in [1.29, 1.82) is 5.26 Å². The third-order valence-electron chi connectivity index (χ3n) is 4.26. The highest BCUT2D eigenvalue weighted by atomic mass is 16.5. The molecule has 0 heterocycles. The normalized spacial score (nSPS) is 10.7. The molecule has 0 spiro atoms. The van der Waals surface area contributed by atoms with Crippen LogP contribution in [0.15, 0.2) is 60.3 Å². The zero-order chi connectivity index (χ0) is 21.9. The summed E-state index contributed by atoms with van der Waals surface area (Å²) in [5.41, 5.74) is 2.18. The van der Waals surface area contributed by atoms with Crippen LogP contribution in [0.1, 0.15) is 30.1 Å². The van der Waals surface area contributed by atoms with Crippen molar-refractivity contribution in [3.63, 3.8) is 0 Å². The lowest BCUT2D eigenvalue weighted by atomic mass is 10.1. The molecule has 0 fully saturated rings. The van der Waals surface area contributed by atoms with Crippen LogP contribution in [0.5, 0.6) is 0 Å². The van der Waals surface area contributed by atoms with Gasteiger partial charge in [-0.15, -0.1) is 0 Å². The van der Waals surface area contributed by atoms with E-state index >= 15 is 0 Å². The molecule has 0 atom stereocenters. The Bertz CT molecular complexity index is 944. The SMILES string of the molecule is CCCCOC(=O)c1ccccc1NC(=O)/C(C#N)=C\Nc1ccc(N(C)C)cc1. The van der Waals surface area contributed by atoms with Gasteiger partial charge in [0.2, 0.25) is 0 Å². The van der Waals surface area contributed by atoms with Crippen molar-refractivity contribution >= 4 is 28.9 Å². The Hall–Kier alpha value is -3.79. The van der Waals surface area contributed by atoms with E-state index in [0.29, 0.717) is 12.3 Å². The molecule has 0 saturated carbocycles. The van der Waals surface area contributed by atoms with Crippen molar-refractivity contribution in [1.82, 2.24) is 0 Å². The van der Waals surface area contributed by atoms with E-state index in [1.165, 1.54) is 6.20 Å². The molecule has 0 unspecified atom stereocenters. The average Bonchev–Trinajstić information content (AvgIpc) is 2.75. The smallest absolute Gasteiger partial charge is 0.340 e. The lowest BCUT2D eigenvalue weighted by Gasteiger charge is -2.13. The van der Waals surface area contributed by atoms with E-state index in [-0.39, 0.29) is 11.1 Å². The maximum Gasteiger partial charge on any atom is 0.340 e. The first kappa shape index (κ1) is 22.5. The van der Waals surface area contributed by atoms with Crippen molar-refractivity contribution in [3.05, 3.63) is 65.9 Å². The minimum absolute atomic E-state index is 0.124. The summed E-state index contributed by atoms with van der Waals surface area (Å²) in [4.78, 5) is 26.8. The number of nitriles is 1. The van der Waals surface area contributed by atoms with Crippen molar-refractivity contribution in [2.75, 3.05) is 36.2 Å². The number of benzene rings is 2. The number of anilines is 3. The molecule has 0 aliphatic rings. The summed E-state index contributed by atoms with van der Waals surface area (Å²) in [6.45, 7) is 2.32. The summed E-state index contributed by atoms with van der Waals surface area (Å²) in [6.07, 6.45) is 3.01. The number of unbranched alkanes of at least 4 members (excludes halogenated alkanes) is 1. The molecule has 7 nitrogen and oxygen atoms in total. The standard InChI is InChI=1S/C23H26N4O3/c1-4-5-14-30-23(29)20-8-6-7-9-21(20)26-22(28)17(15-24)16-25-18-10-12-19(13-11-18)27(2)3/h6-13,16,25H,4-5,14H2,1-3H3,(H,26,28)/b17-16-. The van der Waals surface area contributed by atoms with Crippen molar-refractivity contribution in [2.45, 2.75) is 19.8 Å². The molecule has 0 bridgehead atoms. The number of esters is 1. The number of carbonyl (C=O) groups is 2. The molecule has 1 amide bonds. The van der Waals surface area contributed by atoms with Crippen molar-refractivity contribution < 1.29 is 14.3 Å². The summed E-state index contributed by atoms with van der Waals surface area (Å²) in [5, 5.41) is 14.9. The molecule has 0 radical (unpaired) electrons. The number of hydrogen-bond donors (Lipinski definition) is 2. The van der Waals surface area contributed by atoms with Gasteiger partial charge in [-0.1, -0.05) is 25.5 Å². The summed E-state index contributed by atoms with van der Waals surface area (Å²) >= 11 is 0. The molecule has 7 heteroatoms. The molecule has 0 aromatic heterocycles. The maximum atomic E-state index is 12.5. The number of nitrogens with one attached hydrogen (secondary N) is 2. The van der Waals surface area contributed by atoms with Crippen LogP contribution >= 0.6 is 0 Å². The fraction of sp³-hybridized carbons (Fsp3) is 0.261. The van der Waals surface area contributed by atoms with E-state index in [9.17, 15) is 14.9 Å². The van der Waals surface area contributed by atoms with Gasteiger partial charge >= 0.3 is 5.97 Å². The molecule has 0 saturated heterocycles. The third kappa shape index (κ3) is 6.38. The Balaban J connectivity index is 2.09. The van der Waals surface area contributed by atoms with Crippen molar-refractivity contribution in [2.24, 2.45) is 0 Å². The van der Waals surface area contributed by atoms with Crippen LogP contribution in [0.2, 0.25) is 0 Å². The van der Waals surface area contributed by atoms with Gasteiger partial charge in [-0.3, -0.25) is 4.79 Å². The van der Waals surface area contributed by atoms with Crippen molar-refractivity contribution in [3.8, 4) is 6.07 Å². The quantitative estimate of drug-likeness (QED) is 0.281. The Morgan fingerprint density at radius 2 is 1.83 bits per heavy atom. The number of amides is 1. The fourth-order valence-corrected chi connectivity index (χ4v) is 2.51. The fourth-order valence-electron chi connectivity index (χ4n) is 2.51. The Kier molecular flexibility index (Phi) is 8.45.